The number of methoxy groups -OCH3 is 1. The van der Waals surface area contributed by atoms with Crippen LogP contribution in [0.2, 0.25) is 0 Å². The number of rotatable bonds is 7. The average molecular weight is 316 g/mol. The molecule has 1 amide bonds. The van der Waals surface area contributed by atoms with E-state index in [1.54, 1.807) is 11.0 Å². The van der Waals surface area contributed by atoms with E-state index in [-0.39, 0.29) is 11.7 Å². The predicted octanol–water partition coefficient (Wildman–Crippen LogP) is 2.48. The maximum absolute atomic E-state index is 13.8. The SMILES string of the molecule is COc1ccc(C(=O)N(CCN)CCc2ccccc2)cc1F. The number of hydrogen-bond donors (Lipinski definition) is 1. The molecule has 0 saturated heterocycles. The van der Waals surface area contributed by atoms with Crippen LogP contribution in [0.5, 0.6) is 5.75 Å². The zero-order chi connectivity index (χ0) is 16.7. The lowest BCUT2D eigenvalue weighted by Crippen LogP contribution is -2.37. The van der Waals surface area contributed by atoms with Crippen LogP contribution < -0.4 is 10.5 Å². The van der Waals surface area contributed by atoms with E-state index < -0.39 is 5.82 Å². The van der Waals surface area contributed by atoms with Crippen molar-refractivity contribution in [2.24, 2.45) is 5.73 Å². The van der Waals surface area contributed by atoms with E-state index in [0.29, 0.717) is 25.2 Å². The average Bonchev–Trinajstić information content (AvgIpc) is 2.58. The molecule has 0 aliphatic carbocycles. The first kappa shape index (κ1) is 17.0. The smallest absolute Gasteiger partial charge is 0.254 e. The Hall–Kier alpha value is -2.40. The van der Waals surface area contributed by atoms with Crippen molar-refractivity contribution in [3.63, 3.8) is 0 Å². The third-order valence-corrected chi connectivity index (χ3v) is 3.60. The minimum atomic E-state index is -0.547. The zero-order valence-corrected chi connectivity index (χ0v) is 13.2. The molecule has 0 spiro atoms. The molecule has 0 aliphatic rings. The third kappa shape index (κ3) is 4.53. The Labute approximate surface area is 135 Å². The lowest BCUT2D eigenvalue weighted by molar-refractivity contribution is 0.0761. The minimum Gasteiger partial charge on any atom is -0.494 e. The van der Waals surface area contributed by atoms with E-state index in [9.17, 15) is 9.18 Å². The maximum Gasteiger partial charge on any atom is 0.254 e. The van der Waals surface area contributed by atoms with Gasteiger partial charge in [-0.2, -0.15) is 0 Å². The van der Waals surface area contributed by atoms with Crippen molar-refractivity contribution in [2.45, 2.75) is 6.42 Å². The van der Waals surface area contributed by atoms with Crippen LogP contribution in [0.25, 0.3) is 0 Å². The fourth-order valence-electron chi connectivity index (χ4n) is 2.36. The summed E-state index contributed by atoms with van der Waals surface area (Å²) >= 11 is 0. The molecule has 2 rings (SSSR count). The molecule has 23 heavy (non-hydrogen) atoms. The van der Waals surface area contributed by atoms with Crippen molar-refractivity contribution in [1.82, 2.24) is 4.90 Å². The van der Waals surface area contributed by atoms with Crippen molar-refractivity contribution < 1.29 is 13.9 Å². The summed E-state index contributed by atoms with van der Waals surface area (Å²) in [5.41, 5.74) is 7.04. The van der Waals surface area contributed by atoms with Crippen LogP contribution in [0.3, 0.4) is 0 Å². The molecule has 2 N–H and O–H groups in total. The topological polar surface area (TPSA) is 55.6 Å². The van der Waals surface area contributed by atoms with E-state index >= 15 is 0 Å². The van der Waals surface area contributed by atoms with Crippen molar-refractivity contribution in [1.29, 1.82) is 0 Å². The summed E-state index contributed by atoms with van der Waals surface area (Å²) in [6.07, 6.45) is 0.727. The Kier molecular flexibility index (Phi) is 6.11. The Balaban J connectivity index is 2.10. The van der Waals surface area contributed by atoms with Gasteiger partial charge < -0.3 is 15.4 Å². The largest absolute Gasteiger partial charge is 0.494 e. The maximum atomic E-state index is 13.8. The minimum absolute atomic E-state index is 0.121. The van der Waals surface area contributed by atoms with E-state index in [2.05, 4.69) is 0 Å². The van der Waals surface area contributed by atoms with Crippen molar-refractivity contribution >= 4 is 5.91 Å². The Bertz CT molecular complexity index is 647. The predicted molar refractivity (Wildman–Crippen MR) is 88.1 cm³/mol. The number of nitrogens with zero attached hydrogens (tertiary/aromatic N) is 1. The molecule has 0 aliphatic heterocycles. The molecule has 0 fully saturated rings. The number of carbonyl (C=O) groups excluding carboxylic acids is 1. The van der Waals surface area contributed by atoms with Gasteiger partial charge in [0.25, 0.3) is 5.91 Å². The van der Waals surface area contributed by atoms with Gasteiger partial charge in [-0.15, -0.1) is 0 Å². The summed E-state index contributed by atoms with van der Waals surface area (Å²) in [6.45, 7) is 1.33. The second-order valence-corrected chi connectivity index (χ2v) is 5.17. The Morgan fingerprint density at radius 2 is 1.91 bits per heavy atom. The van der Waals surface area contributed by atoms with E-state index in [1.807, 2.05) is 30.3 Å². The summed E-state index contributed by atoms with van der Waals surface area (Å²) in [5.74, 6) is -0.654. The summed E-state index contributed by atoms with van der Waals surface area (Å²) < 4.78 is 18.7. The first-order valence-corrected chi connectivity index (χ1v) is 7.52. The molecule has 0 radical (unpaired) electrons. The molecular weight excluding hydrogens is 295 g/mol. The highest BCUT2D eigenvalue weighted by molar-refractivity contribution is 5.94. The quantitative estimate of drug-likeness (QED) is 0.854. The third-order valence-electron chi connectivity index (χ3n) is 3.60. The highest BCUT2D eigenvalue weighted by atomic mass is 19.1. The molecule has 4 nitrogen and oxygen atoms in total. The molecule has 0 aromatic heterocycles. The number of carbonyl (C=O) groups is 1. The summed E-state index contributed by atoms with van der Waals surface area (Å²) in [7, 11) is 1.39. The molecule has 2 aromatic rings. The van der Waals surface area contributed by atoms with Gasteiger partial charge in [-0.05, 0) is 30.2 Å². The van der Waals surface area contributed by atoms with Gasteiger partial charge in [0.05, 0.1) is 7.11 Å². The molecule has 122 valence electrons. The monoisotopic (exact) mass is 316 g/mol. The highest BCUT2D eigenvalue weighted by Gasteiger charge is 2.17. The number of ether oxygens (including phenoxy) is 1. The number of nitrogens with two attached hydrogens (primary N) is 1. The van der Waals surface area contributed by atoms with E-state index in [1.165, 1.54) is 19.2 Å². The second-order valence-electron chi connectivity index (χ2n) is 5.17. The highest BCUT2D eigenvalue weighted by Crippen LogP contribution is 2.19. The molecule has 0 saturated carbocycles. The van der Waals surface area contributed by atoms with Gasteiger partial charge in [-0.25, -0.2) is 4.39 Å². The lowest BCUT2D eigenvalue weighted by Gasteiger charge is -2.22. The van der Waals surface area contributed by atoms with Gasteiger partial charge in [0.2, 0.25) is 0 Å². The second kappa shape index (κ2) is 8.29. The fourth-order valence-corrected chi connectivity index (χ4v) is 2.36. The van der Waals surface area contributed by atoms with Crippen LogP contribution in [0.15, 0.2) is 48.5 Å². The lowest BCUT2D eigenvalue weighted by atomic mass is 10.1. The van der Waals surface area contributed by atoms with Crippen LogP contribution in [-0.4, -0.2) is 37.6 Å². The first-order chi connectivity index (χ1) is 11.2. The standard InChI is InChI=1S/C18H21FN2O2/c1-23-17-8-7-15(13-16(17)19)18(22)21(12-10-20)11-9-14-5-3-2-4-6-14/h2-8,13H,9-12,20H2,1H3. The van der Waals surface area contributed by atoms with Gasteiger partial charge in [0.1, 0.15) is 0 Å². The Morgan fingerprint density at radius 3 is 2.52 bits per heavy atom. The van der Waals surface area contributed by atoms with E-state index in [0.717, 1.165) is 12.0 Å². The first-order valence-electron chi connectivity index (χ1n) is 7.52. The Morgan fingerprint density at radius 1 is 1.17 bits per heavy atom. The van der Waals surface area contributed by atoms with Gasteiger partial charge in [-0.1, -0.05) is 30.3 Å². The van der Waals surface area contributed by atoms with Crippen LogP contribution in [0.1, 0.15) is 15.9 Å². The summed E-state index contributed by atoms with van der Waals surface area (Å²) in [5, 5.41) is 0. The van der Waals surface area contributed by atoms with Gasteiger partial charge >= 0.3 is 0 Å². The van der Waals surface area contributed by atoms with Crippen LogP contribution in [0.4, 0.5) is 4.39 Å². The normalized spacial score (nSPS) is 10.4. The number of halogens is 1. The molecule has 0 bridgehead atoms. The fraction of sp³-hybridized carbons (Fsp3) is 0.278. The molecule has 2 aromatic carbocycles. The zero-order valence-electron chi connectivity index (χ0n) is 13.2. The van der Waals surface area contributed by atoms with Gasteiger partial charge in [0.15, 0.2) is 11.6 Å². The summed E-state index contributed by atoms with van der Waals surface area (Å²) in [4.78, 5) is 14.2. The molecule has 5 heteroatoms. The van der Waals surface area contributed by atoms with Gasteiger partial charge in [0, 0.05) is 25.2 Å². The van der Waals surface area contributed by atoms with Crippen LogP contribution in [-0.2, 0) is 6.42 Å². The number of amides is 1. The van der Waals surface area contributed by atoms with Crippen molar-refractivity contribution in [2.75, 3.05) is 26.7 Å². The number of hydrogen-bond acceptors (Lipinski definition) is 3. The molecule has 0 unspecified atom stereocenters. The van der Waals surface area contributed by atoms with Crippen LogP contribution >= 0.6 is 0 Å². The van der Waals surface area contributed by atoms with E-state index in [4.69, 9.17) is 10.5 Å². The van der Waals surface area contributed by atoms with Gasteiger partial charge in [-0.3, -0.25) is 4.79 Å². The van der Waals surface area contributed by atoms with Crippen LogP contribution in [0, 0.1) is 5.82 Å². The molecular formula is C18H21FN2O2. The van der Waals surface area contributed by atoms with Crippen molar-refractivity contribution in [3.05, 3.63) is 65.5 Å². The number of benzene rings is 2. The van der Waals surface area contributed by atoms with Crippen molar-refractivity contribution in [3.8, 4) is 5.75 Å². The molecule has 0 atom stereocenters. The summed E-state index contributed by atoms with van der Waals surface area (Å²) in [6, 6.07) is 14.1. The molecule has 0 heterocycles.